The monoisotopic (exact) mass is 401 g/mol. The number of methoxy groups -OCH3 is 1. The van der Waals surface area contributed by atoms with Crippen LogP contribution in [0.5, 0.6) is 0 Å². The first-order chi connectivity index (χ1) is 13.5. The Morgan fingerprint density at radius 2 is 1.79 bits per heavy atom. The van der Waals surface area contributed by atoms with Crippen LogP contribution in [0.1, 0.15) is 5.56 Å². The number of benzene rings is 2. The molecule has 0 aliphatic carbocycles. The molecule has 0 aliphatic rings. The van der Waals surface area contributed by atoms with Crippen molar-refractivity contribution in [3.8, 4) is 5.69 Å². The molecule has 3 aromatic rings. The summed E-state index contributed by atoms with van der Waals surface area (Å²) >= 11 is 0. The van der Waals surface area contributed by atoms with E-state index in [1.807, 2.05) is 18.2 Å². The minimum absolute atomic E-state index is 0.293. The summed E-state index contributed by atoms with van der Waals surface area (Å²) in [5.41, 5.74) is 1.20. The number of anilines is 1. The van der Waals surface area contributed by atoms with Gasteiger partial charge in [-0.3, -0.25) is 4.72 Å². The van der Waals surface area contributed by atoms with Gasteiger partial charge < -0.3 is 4.74 Å². The van der Waals surface area contributed by atoms with Gasteiger partial charge in [-0.15, -0.1) is 0 Å². The molecule has 0 saturated carbocycles. The van der Waals surface area contributed by atoms with Crippen molar-refractivity contribution in [3.63, 3.8) is 0 Å². The first-order valence-electron chi connectivity index (χ1n) is 8.37. The average Bonchev–Trinajstić information content (AvgIpc) is 3.06. The van der Waals surface area contributed by atoms with Gasteiger partial charge in [0.25, 0.3) is 10.0 Å². The van der Waals surface area contributed by atoms with Crippen molar-refractivity contribution in [3.05, 3.63) is 76.1 Å². The molecular formula is C18H19N5O4S. The van der Waals surface area contributed by atoms with Gasteiger partial charge in [0.15, 0.2) is 0 Å². The molecule has 3 rings (SSSR count). The van der Waals surface area contributed by atoms with Crippen LogP contribution in [0.15, 0.2) is 64.8 Å². The molecule has 0 unspecified atom stereocenters. The van der Waals surface area contributed by atoms with Crippen LogP contribution < -0.4 is 10.4 Å². The first kappa shape index (κ1) is 19.5. The fourth-order valence-electron chi connectivity index (χ4n) is 2.36. The van der Waals surface area contributed by atoms with Gasteiger partial charge in [-0.2, -0.15) is 9.36 Å². The van der Waals surface area contributed by atoms with Crippen molar-refractivity contribution in [1.29, 1.82) is 0 Å². The zero-order valence-corrected chi connectivity index (χ0v) is 15.9. The topological polar surface area (TPSA) is 108 Å². The highest BCUT2D eigenvalue weighted by Crippen LogP contribution is 2.14. The maximum Gasteiger partial charge on any atom is 0.368 e. The Kier molecular flexibility index (Phi) is 6.02. The molecule has 0 spiro atoms. The van der Waals surface area contributed by atoms with E-state index in [1.54, 1.807) is 36.4 Å². The van der Waals surface area contributed by atoms with Gasteiger partial charge in [0.2, 0.25) is 0 Å². The standard InChI is InChI=1S/C18H19N5O4S/c1-27-13-12-22-18(24)23(21-20-22)17-9-7-16(8-10-17)19-28(25,26)14-11-15-5-3-2-4-6-15/h2-11,14,19H,12-13H2,1H3. The lowest BCUT2D eigenvalue weighted by Gasteiger charge is -2.05. The number of rotatable bonds is 8. The maximum absolute atomic E-state index is 12.2. The molecule has 0 radical (unpaired) electrons. The van der Waals surface area contributed by atoms with E-state index in [4.69, 9.17) is 4.74 Å². The quantitative estimate of drug-likeness (QED) is 0.613. The van der Waals surface area contributed by atoms with Crippen molar-refractivity contribution in [1.82, 2.24) is 19.8 Å². The second-order valence-electron chi connectivity index (χ2n) is 5.80. The number of hydrogen-bond donors (Lipinski definition) is 1. The Labute approximate surface area is 161 Å². The van der Waals surface area contributed by atoms with Gasteiger partial charge in [0, 0.05) is 12.8 Å². The van der Waals surface area contributed by atoms with Gasteiger partial charge in [0.1, 0.15) is 0 Å². The molecule has 0 atom stereocenters. The SMILES string of the molecule is COCCn1nnn(-c2ccc(NS(=O)(=O)C=Cc3ccccc3)cc2)c1=O. The second-order valence-corrected chi connectivity index (χ2v) is 7.36. The van der Waals surface area contributed by atoms with Crippen molar-refractivity contribution in [2.24, 2.45) is 0 Å². The number of sulfonamides is 1. The zero-order valence-electron chi connectivity index (χ0n) is 15.1. The summed E-state index contributed by atoms with van der Waals surface area (Å²) in [4.78, 5) is 12.2. The van der Waals surface area contributed by atoms with Crippen molar-refractivity contribution < 1.29 is 13.2 Å². The highest BCUT2D eigenvalue weighted by atomic mass is 32.2. The van der Waals surface area contributed by atoms with Crippen molar-refractivity contribution in [2.45, 2.75) is 6.54 Å². The number of ether oxygens (including phenoxy) is 1. The normalized spacial score (nSPS) is 11.8. The minimum atomic E-state index is -3.67. The lowest BCUT2D eigenvalue weighted by Crippen LogP contribution is -2.25. The van der Waals surface area contributed by atoms with Crippen LogP contribution in [0.3, 0.4) is 0 Å². The summed E-state index contributed by atoms with van der Waals surface area (Å²) in [5, 5.41) is 8.70. The number of tetrazole rings is 1. The van der Waals surface area contributed by atoms with E-state index < -0.39 is 15.7 Å². The van der Waals surface area contributed by atoms with Crippen LogP contribution in [0.4, 0.5) is 5.69 Å². The smallest absolute Gasteiger partial charge is 0.368 e. The molecule has 146 valence electrons. The Bertz CT molecular complexity index is 1100. The van der Waals surface area contributed by atoms with E-state index in [9.17, 15) is 13.2 Å². The molecule has 0 bridgehead atoms. The fourth-order valence-corrected chi connectivity index (χ4v) is 3.22. The third-order valence-corrected chi connectivity index (χ3v) is 4.77. The summed E-state index contributed by atoms with van der Waals surface area (Å²) in [6.07, 6.45) is 1.51. The van der Waals surface area contributed by atoms with Gasteiger partial charge in [-0.05, 0) is 46.3 Å². The summed E-state index contributed by atoms with van der Waals surface area (Å²) in [7, 11) is -2.14. The molecule has 1 heterocycles. The fraction of sp³-hybridized carbons (Fsp3) is 0.167. The summed E-state index contributed by atoms with van der Waals surface area (Å²) in [5.74, 6) is 0. The number of nitrogens with zero attached hydrogens (tertiary/aromatic N) is 4. The van der Waals surface area contributed by atoms with Gasteiger partial charge >= 0.3 is 5.69 Å². The molecule has 1 aromatic heterocycles. The molecule has 1 N–H and O–H groups in total. The van der Waals surface area contributed by atoms with Crippen molar-refractivity contribution in [2.75, 3.05) is 18.4 Å². The molecule has 28 heavy (non-hydrogen) atoms. The van der Waals surface area contributed by atoms with Crippen molar-refractivity contribution >= 4 is 21.8 Å². The molecule has 0 aliphatic heterocycles. The minimum Gasteiger partial charge on any atom is -0.383 e. The summed E-state index contributed by atoms with van der Waals surface area (Å²) < 4.78 is 34.1. The van der Waals surface area contributed by atoms with Crippen LogP contribution >= 0.6 is 0 Å². The molecular weight excluding hydrogens is 382 g/mol. The predicted octanol–water partition coefficient (Wildman–Crippen LogP) is 1.49. The molecule has 10 heteroatoms. The summed E-state index contributed by atoms with van der Waals surface area (Å²) in [6.45, 7) is 0.636. The molecule has 0 amide bonds. The predicted molar refractivity (Wildman–Crippen MR) is 106 cm³/mol. The van der Waals surface area contributed by atoms with Crippen LogP contribution in [0, 0.1) is 0 Å². The van der Waals surface area contributed by atoms with Gasteiger partial charge in [-0.25, -0.2) is 13.2 Å². The Morgan fingerprint density at radius 1 is 1.07 bits per heavy atom. The lowest BCUT2D eigenvalue weighted by atomic mass is 10.2. The molecule has 0 saturated heterocycles. The van der Waals surface area contributed by atoms with E-state index in [0.717, 1.165) is 15.7 Å². The average molecular weight is 401 g/mol. The number of hydrogen-bond acceptors (Lipinski definition) is 6. The van der Waals surface area contributed by atoms with Crippen LogP contribution in [-0.4, -0.2) is 41.9 Å². The Hall–Kier alpha value is -3.24. The van der Waals surface area contributed by atoms with Crippen LogP contribution in [0.25, 0.3) is 11.8 Å². The van der Waals surface area contributed by atoms with E-state index in [1.165, 1.54) is 17.9 Å². The van der Waals surface area contributed by atoms with Crippen LogP contribution in [0.2, 0.25) is 0 Å². The third kappa shape index (κ3) is 4.93. The highest BCUT2D eigenvalue weighted by molar-refractivity contribution is 7.95. The Balaban J connectivity index is 1.72. The van der Waals surface area contributed by atoms with E-state index in [0.29, 0.717) is 24.5 Å². The van der Waals surface area contributed by atoms with Gasteiger partial charge in [0.05, 0.1) is 24.2 Å². The molecule has 9 nitrogen and oxygen atoms in total. The van der Waals surface area contributed by atoms with Gasteiger partial charge in [-0.1, -0.05) is 30.3 Å². The lowest BCUT2D eigenvalue weighted by molar-refractivity contribution is 0.181. The molecule has 2 aromatic carbocycles. The molecule has 0 fully saturated rings. The largest absolute Gasteiger partial charge is 0.383 e. The third-order valence-electron chi connectivity index (χ3n) is 3.76. The van der Waals surface area contributed by atoms with E-state index >= 15 is 0 Å². The van der Waals surface area contributed by atoms with E-state index in [-0.39, 0.29) is 0 Å². The summed E-state index contributed by atoms with van der Waals surface area (Å²) in [6, 6.07) is 15.4. The Morgan fingerprint density at radius 3 is 2.46 bits per heavy atom. The second kappa shape index (κ2) is 8.63. The first-order valence-corrected chi connectivity index (χ1v) is 9.91. The number of aromatic nitrogens is 4. The maximum atomic E-state index is 12.2. The zero-order chi connectivity index (χ0) is 20.0. The van der Waals surface area contributed by atoms with E-state index in [2.05, 4.69) is 15.1 Å². The van der Waals surface area contributed by atoms with Crippen LogP contribution in [-0.2, 0) is 21.3 Å². The number of nitrogens with one attached hydrogen (secondary N) is 1. The highest BCUT2D eigenvalue weighted by Gasteiger charge is 2.10.